The highest BCUT2D eigenvalue weighted by molar-refractivity contribution is 5.55. The van der Waals surface area contributed by atoms with E-state index in [-0.39, 0.29) is 5.54 Å². The van der Waals surface area contributed by atoms with Crippen LogP contribution in [0.4, 0.5) is 0 Å². The summed E-state index contributed by atoms with van der Waals surface area (Å²) in [6.45, 7) is 7.25. The van der Waals surface area contributed by atoms with Crippen LogP contribution in [0.1, 0.15) is 32.8 Å². The molecule has 0 aliphatic heterocycles. The molecule has 0 bridgehead atoms. The molecule has 0 fully saturated rings. The predicted octanol–water partition coefficient (Wildman–Crippen LogP) is 2.99. The number of methoxy groups -OCH3 is 3. The topological polar surface area (TPSA) is 39.7 Å². The molecule has 1 rings (SSSR count). The molecule has 19 heavy (non-hydrogen) atoms. The molecule has 4 heteroatoms. The van der Waals surface area contributed by atoms with Crippen molar-refractivity contribution in [1.29, 1.82) is 0 Å². The SMILES string of the molecule is CCC(C)(C)NCc1ccc(OC)c(OC)c1OC. The van der Waals surface area contributed by atoms with Gasteiger partial charge in [-0.15, -0.1) is 0 Å². The van der Waals surface area contributed by atoms with Gasteiger partial charge in [-0.1, -0.05) is 13.0 Å². The lowest BCUT2D eigenvalue weighted by Gasteiger charge is -2.25. The second-order valence-corrected chi connectivity index (χ2v) is 5.08. The molecule has 0 saturated heterocycles. The fraction of sp³-hybridized carbons (Fsp3) is 0.600. The Morgan fingerprint density at radius 2 is 1.63 bits per heavy atom. The Morgan fingerprint density at radius 3 is 2.11 bits per heavy atom. The van der Waals surface area contributed by atoms with Crippen LogP contribution in [-0.2, 0) is 6.54 Å². The third-order valence-electron chi connectivity index (χ3n) is 3.43. The average molecular weight is 267 g/mol. The van der Waals surface area contributed by atoms with E-state index >= 15 is 0 Å². The van der Waals surface area contributed by atoms with Crippen molar-refractivity contribution in [3.63, 3.8) is 0 Å². The van der Waals surface area contributed by atoms with E-state index in [0.717, 1.165) is 24.3 Å². The van der Waals surface area contributed by atoms with Gasteiger partial charge in [0.25, 0.3) is 0 Å². The van der Waals surface area contributed by atoms with E-state index in [9.17, 15) is 0 Å². The summed E-state index contributed by atoms with van der Waals surface area (Å²) in [5.41, 5.74) is 1.15. The van der Waals surface area contributed by atoms with E-state index in [1.807, 2.05) is 12.1 Å². The van der Waals surface area contributed by atoms with Crippen molar-refractivity contribution in [1.82, 2.24) is 5.32 Å². The van der Waals surface area contributed by atoms with Gasteiger partial charge >= 0.3 is 0 Å². The van der Waals surface area contributed by atoms with Crippen LogP contribution in [0.25, 0.3) is 0 Å². The smallest absolute Gasteiger partial charge is 0.203 e. The molecule has 0 aliphatic carbocycles. The van der Waals surface area contributed by atoms with Gasteiger partial charge in [-0.2, -0.15) is 0 Å². The number of ether oxygens (including phenoxy) is 3. The highest BCUT2D eigenvalue weighted by Crippen LogP contribution is 2.39. The van der Waals surface area contributed by atoms with Gasteiger partial charge < -0.3 is 19.5 Å². The number of benzene rings is 1. The lowest BCUT2D eigenvalue weighted by molar-refractivity contribution is 0.318. The lowest BCUT2D eigenvalue weighted by Crippen LogP contribution is -2.37. The molecular formula is C15H25NO3. The number of rotatable bonds is 7. The molecule has 108 valence electrons. The Morgan fingerprint density at radius 1 is 1.00 bits per heavy atom. The minimum absolute atomic E-state index is 0.0954. The van der Waals surface area contributed by atoms with E-state index in [2.05, 4.69) is 26.1 Å². The molecule has 0 radical (unpaired) electrons. The first-order valence-corrected chi connectivity index (χ1v) is 6.52. The normalized spacial score (nSPS) is 11.3. The summed E-state index contributed by atoms with van der Waals surface area (Å²) in [6, 6.07) is 3.90. The van der Waals surface area contributed by atoms with Crippen LogP contribution in [0.3, 0.4) is 0 Å². The summed E-state index contributed by atoms with van der Waals surface area (Å²) < 4.78 is 16.1. The molecule has 4 nitrogen and oxygen atoms in total. The minimum atomic E-state index is 0.0954. The van der Waals surface area contributed by atoms with Crippen LogP contribution in [0.15, 0.2) is 12.1 Å². The van der Waals surface area contributed by atoms with Gasteiger partial charge in [-0.25, -0.2) is 0 Å². The third kappa shape index (κ3) is 3.77. The minimum Gasteiger partial charge on any atom is -0.493 e. The average Bonchev–Trinajstić information content (AvgIpc) is 2.43. The second-order valence-electron chi connectivity index (χ2n) is 5.08. The zero-order valence-electron chi connectivity index (χ0n) is 12.8. The van der Waals surface area contributed by atoms with Crippen LogP contribution < -0.4 is 19.5 Å². The first kappa shape index (κ1) is 15.6. The van der Waals surface area contributed by atoms with E-state index in [4.69, 9.17) is 14.2 Å². The van der Waals surface area contributed by atoms with Gasteiger partial charge in [0.15, 0.2) is 11.5 Å². The van der Waals surface area contributed by atoms with Crippen molar-refractivity contribution >= 4 is 0 Å². The second kappa shape index (κ2) is 6.66. The van der Waals surface area contributed by atoms with Gasteiger partial charge in [0.05, 0.1) is 21.3 Å². The van der Waals surface area contributed by atoms with E-state index in [0.29, 0.717) is 11.5 Å². The quantitative estimate of drug-likeness (QED) is 0.824. The van der Waals surface area contributed by atoms with Crippen molar-refractivity contribution in [3.8, 4) is 17.2 Å². The Labute approximate surface area is 116 Å². The van der Waals surface area contributed by atoms with Crippen LogP contribution in [0.2, 0.25) is 0 Å². The largest absolute Gasteiger partial charge is 0.493 e. The summed E-state index contributed by atoms with van der Waals surface area (Å²) in [6.07, 6.45) is 1.06. The zero-order chi connectivity index (χ0) is 14.5. The molecule has 0 atom stereocenters. The van der Waals surface area contributed by atoms with Crippen LogP contribution in [0, 0.1) is 0 Å². The van der Waals surface area contributed by atoms with E-state index in [1.165, 1.54) is 0 Å². The zero-order valence-corrected chi connectivity index (χ0v) is 12.8. The van der Waals surface area contributed by atoms with Crippen molar-refractivity contribution in [2.45, 2.75) is 39.3 Å². The van der Waals surface area contributed by atoms with Crippen LogP contribution in [-0.4, -0.2) is 26.9 Å². The number of hydrogen-bond acceptors (Lipinski definition) is 4. The van der Waals surface area contributed by atoms with Crippen LogP contribution >= 0.6 is 0 Å². The van der Waals surface area contributed by atoms with Crippen molar-refractivity contribution < 1.29 is 14.2 Å². The standard InChI is InChI=1S/C15H25NO3/c1-7-15(2,3)16-10-11-8-9-12(17-4)14(19-6)13(11)18-5/h8-9,16H,7,10H2,1-6H3. The Kier molecular flexibility index (Phi) is 5.48. The summed E-state index contributed by atoms with van der Waals surface area (Å²) in [7, 11) is 4.88. The molecule has 1 aromatic carbocycles. The fourth-order valence-corrected chi connectivity index (χ4v) is 1.76. The maximum absolute atomic E-state index is 5.46. The first-order chi connectivity index (χ1) is 8.99. The number of nitrogens with one attached hydrogen (secondary N) is 1. The summed E-state index contributed by atoms with van der Waals surface area (Å²) in [5, 5.41) is 3.51. The maximum atomic E-state index is 5.46. The van der Waals surface area contributed by atoms with Crippen molar-refractivity contribution in [2.75, 3.05) is 21.3 Å². The van der Waals surface area contributed by atoms with Gasteiger partial charge in [-0.3, -0.25) is 0 Å². The highest BCUT2D eigenvalue weighted by Gasteiger charge is 2.18. The molecule has 1 N–H and O–H groups in total. The Bertz CT molecular complexity index is 416. The van der Waals surface area contributed by atoms with E-state index in [1.54, 1.807) is 21.3 Å². The van der Waals surface area contributed by atoms with Gasteiger partial charge in [0.1, 0.15) is 0 Å². The first-order valence-electron chi connectivity index (χ1n) is 6.52. The molecule has 0 unspecified atom stereocenters. The van der Waals surface area contributed by atoms with Crippen LogP contribution in [0.5, 0.6) is 17.2 Å². The molecule has 0 aromatic heterocycles. The third-order valence-corrected chi connectivity index (χ3v) is 3.43. The predicted molar refractivity (Wildman–Crippen MR) is 77.3 cm³/mol. The van der Waals surface area contributed by atoms with Gasteiger partial charge in [0, 0.05) is 17.6 Å². The van der Waals surface area contributed by atoms with Gasteiger partial charge in [0.2, 0.25) is 5.75 Å². The molecule has 0 saturated carbocycles. The summed E-state index contributed by atoms with van der Waals surface area (Å²) in [5.74, 6) is 2.04. The summed E-state index contributed by atoms with van der Waals surface area (Å²) >= 11 is 0. The summed E-state index contributed by atoms with van der Waals surface area (Å²) in [4.78, 5) is 0. The Hall–Kier alpha value is -1.42. The fourth-order valence-electron chi connectivity index (χ4n) is 1.76. The molecule has 1 aromatic rings. The molecule has 0 heterocycles. The number of hydrogen-bond donors (Lipinski definition) is 1. The monoisotopic (exact) mass is 267 g/mol. The molecular weight excluding hydrogens is 242 g/mol. The lowest BCUT2D eigenvalue weighted by atomic mass is 10.0. The molecule has 0 aliphatic rings. The molecule has 0 amide bonds. The van der Waals surface area contributed by atoms with E-state index < -0.39 is 0 Å². The van der Waals surface area contributed by atoms with Gasteiger partial charge in [-0.05, 0) is 26.3 Å². The maximum Gasteiger partial charge on any atom is 0.203 e. The van der Waals surface area contributed by atoms with Crippen molar-refractivity contribution in [2.24, 2.45) is 0 Å². The molecule has 0 spiro atoms. The highest BCUT2D eigenvalue weighted by atomic mass is 16.5. The Balaban J connectivity index is 3.01. The van der Waals surface area contributed by atoms with Crippen molar-refractivity contribution in [3.05, 3.63) is 17.7 Å².